The van der Waals surface area contributed by atoms with E-state index in [1.165, 1.54) is 37.0 Å². The fraction of sp³-hybridized carbons (Fsp3) is 0.750. The molecule has 1 amide bonds. The lowest BCUT2D eigenvalue weighted by atomic mass is 9.61. The van der Waals surface area contributed by atoms with Crippen LogP contribution in [0.4, 0.5) is 5.13 Å². The van der Waals surface area contributed by atoms with Crippen LogP contribution in [-0.2, 0) is 4.74 Å². The van der Waals surface area contributed by atoms with Gasteiger partial charge in [0.25, 0.3) is 5.91 Å². The molecule has 0 aromatic carbocycles. The fourth-order valence-electron chi connectivity index (χ4n) is 4.70. The fourth-order valence-corrected chi connectivity index (χ4v) is 5.44. The van der Waals surface area contributed by atoms with E-state index in [2.05, 4.69) is 10.3 Å². The molecule has 2 saturated carbocycles. The molecule has 1 saturated heterocycles. The van der Waals surface area contributed by atoms with E-state index < -0.39 is 0 Å². The lowest BCUT2D eigenvalue weighted by molar-refractivity contribution is -0.0784. The highest BCUT2D eigenvalue weighted by molar-refractivity contribution is 7.17. The van der Waals surface area contributed by atoms with Gasteiger partial charge in [-0.25, -0.2) is 4.98 Å². The van der Waals surface area contributed by atoms with Gasteiger partial charge in [0, 0.05) is 24.5 Å². The monoisotopic (exact) mass is 321 g/mol. The van der Waals surface area contributed by atoms with Gasteiger partial charge in [0.05, 0.1) is 11.8 Å². The van der Waals surface area contributed by atoms with Gasteiger partial charge < -0.3 is 15.8 Å². The average molecular weight is 321 g/mol. The molecule has 3 fully saturated rings. The number of thiazole rings is 1. The number of amides is 1. The van der Waals surface area contributed by atoms with Crippen LogP contribution >= 0.6 is 11.3 Å². The first kappa shape index (κ1) is 14.5. The number of nitrogens with two attached hydrogens (primary N) is 1. The molecule has 0 spiro atoms. The summed E-state index contributed by atoms with van der Waals surface area (Å²) in [6.45, 7) is 2.69. The molecule has 5 nitrogen and oxygen atoms in total. The molecule has 1 aromatic rings. The Hall–Kier alpha value is -1.14. The summed E-state index contributed by atoms with van der Waals surface area (Å²) in [5, 5.41) is 3.74. The molecule has 0 radical (unpaired) electrons. The third-order valence-electron chi connectivity index (χ3n) is 5.70. The number of hydrogen-bond acceptors (Lipinski definition) is 5. The number of anilines is 1. The normalized spacial score (nSPS) is 34.4. The number of aryl methyl sites for hydroxylation is 1. The van der Waals surface area contributed by atoms with Crippen LogP contribution in [0.5, 0.6) is 0 Å². The van der Waals surface area contributed by atoms with Gasteiger partial charge >= 0.3 is 0 Å². The Bertz CT molecular complexity index is 577. The van der Waals surface area contributed by atoms with Crippen molar-refractivity contribution < 1.29 is 9.53 Å². The maximum Gasteiger partial charge on any atom is 0.263 e. The number of rotatable bonds is 3. The van der Waals surface area contributed by atoms with Crippen molar-refractivity contribution in [2.24, 2.45) is 17.8 Å². The molecule has 2 aliphatic carbocycles. The molecule has 4 rings (SSSR count). The second-order valence-corrected chi connectivity index (χ2v) is 7.91. The number of carbonyl (C=O) groups is 1. The zero-order valence-corrected chi connectivity index (χ0v) is 13.7. The molecular weight excluding hydrogens is 298 g/mol. The quantitative estimate of drug-likeness (QED) is 0.896. The van der Waals surface area contributed by atoms with Crippen LogP contribution in [0.25, 0.3) is 0 Å². The second-order valence-electron chi connectivity index (χ2n) is 6.88. The highest BCUT2D eigenvalue weighted by Crippen LogP contribution is 2.51. The van der Waals surface area contributed by atoms with Crippen LogP contribution in [-0.4, -0.2) is 29.6 Å². The van der Waals surface area contributed by atoms with Crippen LogP contribution in [0, 0.1) is 24.7 Å². The summed E-state index contributed by atoms with van der Waals surface area (Å²) in [6.07, 6.45) is 6.67. The van der Waals surface area contributed by atoms with Crippen LogP contribution in [0.1, 0.15) is 47.5 Å². The third kappa shape index (κ3) is 2.24. The molecule has 0 unspecified atom stereocenters. The minimum absolute atomic E-state index is 0.00922. The van der Waals surface area contributed by atoms with E-state index in [0.29, 0.717) is 27.9 Å². The van der Waals surface area contributed by atoms with Gasteiger partial charge in [-0.1, -0.05) is 37.0 Å². The summed E-state index contributed by atoms with van der Waals surface area (Å²) >= 11 is 1.28. The minimum Gasteiger partial charge on any atom is -0.377 e. The number of fused-ring (bicyclic) bond motifs is 1. The first-order valence-electron chi connectivity index (χ1n) is 8.30. The van der Waals surface area contributed by atoms with Crippen LogP contribution < -0.4 is 11.1 Å². The highest BCUT2D eigenvalue weighted by atomic mass is 32.1. The van der Waals surface area contributed by atoms with Crippen molar-refractivity contribution >= 4 is 22.4 Å². The molecule has 120 valence electrons. The van der Waals surface area contributed by atoms with Gasteiger partial charge in [0.2, 0.25) is 0 Å². The van der Waals surface area contributed by atoms with Crippen molar-refractivity contribution in [2.75, 3.05) is 12.3 Å². The van der Waals surface area contributed by atoms with Crippen LogP contribution in [0.15, 0.2) is 0 Å². The summed E-state index contributed by atoms with van der Waals surface area (Å²) in [7, 11) is 0. The maximum absolute atomic E-state index is 12.6. The molecule has 22 heavy (non-hydrogen) atoms. The van der Waals surface area contributed by atoms with E-state index in [-0.39, 0.29) is 11.9 Å². The summed E-state index contributed by atoms with van der Waals surface area (Å²) in [4.78, 5) is 17.4. The van der Waals surface area contributed by atoms with Crippen molar-refractivity contribution in [3.63, 3.8) is 0 Å². The van der Waals surface area contributed by atoms with Crippen molar-refractivity contribution in [1.29, 1.82) is 0 Å². The Morgan fingerprint density at radius 2 is 2.14 bits per heavy atom. The topological polar surface area (TPSA) is 77.2 Å². The van der Waals surface area contributed by atoms with E-state index in [4.69, 9.17) is 10.5 Å². The molecule has 6 heteroatoms. The predicted octanol–water partition coefficient (Wildman–Crippen LogP) is 2.36. The van der Waals surface area contributed by atoms with Crippen molar-refractivity contribution in [2.45, 2.75) is 51.2 Å². The number of carbonyl (C=O) groups excluding carboxylic acids is 1. The predicted molar refractivity (Wildman–Crippen MR) is 85.8 cm³/mol. The van der Waals surface area contributed by atoms with E-state index in [9.17, 15) is 4.79 Å². The second kappa shape index (κ2) is 5.49. The molecule has 3 N–H and O–H groups in total. The zero-order chi connectivity index (χ0) is 15.3. The lowest BCUT2D eigenvalue weighted by Crippen LogP contribution is -2.63. The molecule has 1 aliphatic heterocycles. The molecule has 0 bridgehead atoms. The summed E-state index contributed by atoms with van der Waals surface area (Å²) in [6, 6.07) is 0.269. The average Bonchev–Trinajstić information content (AvgIpc) is 3.18. The largest absolute Gasteiger partial charge is 0.377 e. The molecule has 4 atom stereocenters. The minimum atomic E-state index is -0.00922. The highest BCUT2D eigenvalue weighted by Gasteiger charge is 2.57. The van der Waals surface area contributed by atoms with Gasteiger partial charge in [-0.05, 0) is 19.3 Å². The van der Waals surface area contributed by atoms with Gasteiger partial charge in [0.1, 0.15) is 4.88 Å². The number of ether oxygens (including phenoxy) is 1. The number of nitrogens with one attached hydrogen (secondary N) is 1. The molecule has 1 aromatic heterocycles. The standard InChI is InChI=1S/C16H23N3O2S/c1-8-14(22-16(17)18-8)15(20)19-12-10-6-7-21-13(10)11(12)9-4-2-3-5-9/h9-13H,2-7H2,1H3,(H2,17,18)(H,19,20)/t10-,11+,12-,13-/m0/s1. The van der Waals surface area contributed by atoms with Crippen LogP contribution in [0.3, 0.4) is 0 Å². The van der Waals surface area contributed by atoms with E-state index >= 15 is 0 Å². The SMILES string of the molecule is Cc1nc(N)sc1C(=O)N[C@H]1[C@@H]2CCO[C@@H]2[C@@H]1C1CCCC1. The Balaban J connectivity index is 1.50. The number of aromatic nitrogens is 1. The van der Waals surface area contributed by atoms with Gasteiger partial charge in [-0.2, -0.15) is 0 Å². The number of nitrogens with zero attached hydrogens (tertiary/aromatic N) is 1. The molecular formula is C16H23N3O2S. The number of hydrogen-bond donors (Lipinski definition) is 2. The smallest absolute Gasteiger partial charge is 0.263 e. The van der Waals surface area contributed by atoms with E-state index in [0.717, 1.165) is 24.6 Å². The van der Waals surface area contributed by atoms with Crippen LogP contribution in [0.2, 0.25) is 0 Å². The first-order valence-corrected chi connectivity index (χ1v) is 9.12. The summed E-state index contributed by atoms with van der Waals surface area (Å²) in [5.41, 5.74) is 6.45. The summed E-state index contributed by atoms with van der Waals surface area (Å²) in [5.74, 6) is 1.71. The van der Waals surface area contributed by atoms with Gasteiger partial charge in [-0.3, -0.25) is 4.79 Å². The number of nitrogen functional groups attached to an aromatic ring is 1. The van der Waals surface area contributed by atoms with E-state index in [1.54, 1.807) is 0 Å². The van der Waals surface area contributed by atoms with Crippen molar-refractivity contribution in [3.05, 3.63) is 10.6 Å². The molecule has 3 aliphatic rings. The van der Waals surface area contributed by atoms with Gasteiger partial charge in [-0.15, -0.1) is 0 Å². The van der Waals surface area contributed by atoms with Gasteiger partial charge in [0.15, 0.2) is 5.13 Å². The summed E-state index contributed by atoms with van der Waals surface area (Å²) < 4.78 is 5.94. The lowest BCUT2D eigenvalue weighted by Gasteiger charge is -2.50. The zero-order valence-electron chi connectivity index (χ0n) is 12.9. The third-order valence-corrected chi connectivity index (χ3v) is 6.69. The Morgan fingerprint density at radius 1 is 1.36 bits per heavy atom. The maximum atomic E-state index is 12.6. The molecule has 2 heterocycles. The Labute approximate surface area is 134 Å². The Morgan fingerprint density at radius 3 is 2.82 bits per heavy atom. The first-order chi connectivity index (χ1) is 10.6. The van der Waals surface area contributed by atoms with Crippen molar-refractivity contribution in [3.8, 4) is 0 Å². The van der Waals surface area contributed by atoms with Crippen molar-refractivity contribution in [1.82, 2.24) is 10.3 Å². The van der Waals surface area contributed by atoms with E-state index in [1.807, 2.05) is 6.92 Å². The Kier molecular flexibility index (Phi) is 3.61.